The van der Waals surface area contributed by atoms with Gasteiger partial charge >= 0.3 is 0 Å². The van der Waals surface area contributed by atoms with Crippen LogP contribution in [0.3, 0.4) is 0 Å². The molecule has 0 saturated carbocycles. The van der Waals surface area contributed by atoms with Crippen molar-refractivity contribution >= 4 is 23.1 Å². The molecule has 1 aliphatic heterocycles. The smallest absolute Gasteiger partial charge is 0.221 e. The molecule has 114 valence electrons. The van der Waals surface area contributed by atoms with Gasteiger partial charge in [0.25, 0.3) is 0 Å². The van der Waals surface area contributed by atoms with E-state index >= 15 is 0 Å². The maximum atomic E-state index is 11.3. The van der Waals surface area contributed by atoms with E-state index in [9.17, 15) is 5.11 Å². The van der Waals surface area contributed by atoms with Gasteiger partial charge in [-0.3, -0.25) is 0 Å². The third-order valence-corrected chi connectivity index (χ3v) is 3.86. The molecule has 0 fully saturated rings. The van der Waals surface area contributed by atoms with E-state index in [0.717, 1.165) is 5.56 Å². The van der Waals surface area contributed by atoms with Crippen molar-refractivity contribution in [2.24, 2.45) is 10.7 Å². The van der Waals surface area contributed by atoms with Gasteiger partial charge in [-0.15, -0.1) is 0 Å². The summed E-state index contributed by atoms with van der Waals surface area (Å²) in [6.07, 6.45) is 0. The summed E-state index contributed by atoms with van der Waals surface area (Å²) in [5.41, 5.74) is 7.16. The third kappa shape index (κ3) is 2.14. The Labute approximate surface area is 133 Å². The Bertz CT molecular complexity index is 776. The molecule has 1 atom stereocenters. The van der Waals surface area contributed by atoms with Crippen LogP contribution in [0.2, 0.25) is 5.15 Å². The van der Waals surface area contributed by atoms with Crippen LogP contribution in [0.1, 0.15) is 23.6 Å². The number of halogens is 1. The lowest BCUT2D eigenvalue weighted by Crippen LogP contribution is -2.40. The van der Waals surface area contributed by atoms with Crippen molar-refractivity contribution in [3.8, 4) is 5.88 Å². The summed E-state index contributed by atoms with van der Waals surface area (Å²) in [4.78, 5) is 8.43. The zero-order chi connectivity index (χ0) is 15.9. The topological polar surface area (TPSA) is 80.7 Å². The van der Waals surface area contributed by atoms with E-state index in [-0.39, 0.29) is 16.9 Å². The Balaban J connectivity index is 2.24. The van der Waals surface area contributed by atoms with Crippen molar-refractivity contribution in [3.05, 3.63) is 52.2 Å². The molecule has 0 saturated heterocycles. The second-order valence-corrected chi connectivity index (χ2v) is 5.54. The van der Waals surface area contributed by atoms with Crippen LogP contribution in [0.4, 0.5) is 5.69 Å². The second-order valence-electron chi connectivity index (χ2n) is 5.15. The Morgan fingerprint density at radius 1 is 1.27 bits per heavy atom. The molecule has 1 aliphatic rings. The van der Waals surface area contributed by atoms with Crippen LogP contribution in [0.5, 0.6) is 5.88 Å². The van der Waals surface area contributed by atoms with Gasteiger partial charge < -0.3 is 15.6 Å². The zero-order valence-electron chi connectivity index (χ0n) is 12.3. The number of nitrogens with zero attached hydrogens (tertiary/aromatic N) is 2. The predicted octanol–water partition coefficient (Wildman–Crippen LogP) is 2.68. The molecule has 0 amide bonds. The summed E-state index contributed by atoms with van der Waals surface area (Å²) < 4.78 is 5.52. The fourth-order valence-corrected chi connectivity index (χ4v) is 2.75. The monoisotopic (exact) mass is 317 g/mol. The van der Waals surface area contributed by atoms with Gasteiger partial charge in [0.15, 0.2) is 5.60 Å². The van der Waals surface area contributed by atoms with E-state index in [2.05, 4.69) is 9.98 Å². The van der Waals surface area contributed by atoms with E-state index in [0.29, 0.717) is 23.4 Å². The second kappa shape index (κ2) is 5.26. The van der Waals surface area contributed by atoms with Crippen molar-refractivity contribution < 1.29 is 9.84 Å². The van der Waals surface area contributed by atoms with Gasteiger partial charge in [-0.05, 0) is 32.0 Å². The first-order chi connectivity index (χ1) is 10.5. The molecule has 0 radical (unpaired) electrons. The normalized spacial score (nSPS) is 19.7. The van der Waals surface area contributed by atoms with E-state index in [1.165, 1.54) is 0 Å². The Morgan fingerprint density at radius 2 is 2.05 bits per heavy atom. The Morgan fingerprint density at radius 3 is 2.77 bits per heavy atom. The number of aromatic nitrogens is 1. The molecule has 1 unspecified atom stereocenters. The van der Waals surface area contributed by atoms with Gasteiger partial charge in [0, 0.05) is 5.56 Å². The van der Waals surface area contributed by atoms with Gasteiger partial charge in [0.2, 0.25) is 5.88 Å². The minimum Gasteiger partial charge on any atom is -0.478 e. The highest BCUT2D eigenvalue weighted by Gasteiger charge is 2.45. The molecule has 3 N–H and O–H groups in total. The van der Waals surface area contributed by atoms with Gasteiger partial charge in [-0.2, -0.15) is 0 Å². The minimum atomic E-state index is -1.57. The molecule has 0 bridgehead atoms. The van der Waals surface area contributed by atoms with E-state index < -0.39 is 5.60 Å². The van der Waals surface area contributed by atoms with Crippen molar-refractivity contribution in [2.45, 2.75) is 19.4 Å². The molecule has 1 aromatic carbocycles. The van der Waals surface area contributed by atoms with Crippen molar-refractivity contribution in [1.29, 1.82) is 0 Å². The average Bonchev–Trinajstić information content (AvgIpc) is 2.72. The molecule has 0 aliphatic carbocycles. The van der Waals surface area contributed by atoms with Gasteiger partial charge in [0.1, 0.15) is 11.0 Å². The average molecular weight is 318 g/mol. The number of aliphatic hydroxyl groups is 1. The first-order valence-electron chi connectivity index (χ1n) is 6.94. The van der Waals surface area contributed by atoms with Crippen molar-refractivity contribution in [3.63, 3.8) is 0 Å². The number of hydrogen-bond donors (Lipinski definition) is 2. The number of benzene rings is 1. The Hall–Kier alpha value is -2.11. The van der Waals surface area contributed by atoms with E-state index in [4.69, 9.17) is 22.1 Å². The third-order valence-electron chi connectivity index (χ3n) is 3.65. The van der Waals surface area contributed by atoms with Crippen LogP contribution in [0.15, 0.2) is 35.3 Å². The highest BCUT2D eigenvalue weighted by atomic mass is 35.5. The van der Waals surface area contributed by atoms with E-state index in [1.54, 1.807) is 12.1 Å². The molecular formula is C16H16ClN3O2. The summed E-state index contributed by atoms with van der Waals surface area (Å²) in [7, 11) is 0. The first-order valence-corrected chi connectivity index (χ1v) is 7.32. The van der Waals surface area contributed by atoms with Crippen LogP contribution in [0, 0.1) is 6.92 Å². The SMILES string of the molecule is CCOc1nc(Cl)ccc1C1(O)C(N)=Nc2ccc(C)cc21. The van der Waals surface area contributed by atoms with Crippen LogP contribution in [0.25, 0.3) is 0 Å². The quantitative estimate of drug-likeness (QED) is 0.853. The lowest BCUT2D eigenvalue weighted by Gasteiger charge is -2.26. The lowest BCUT2D eigenvalue weighted by atomic mass is 9.86. The van der Waals surface area contributed by atoms with Crippen LogP contribution >= 0.6 is 11.6 Å². The number of rotatable bonds is 3. The summed E-state index contributed by atoms with van der Waals surface area (Å²) in [6, 6.07) is 8.88. The zero-order valence-corrected chi connectivity index (χ0v) is 13.1. The standard InChI is InChI=1S/C16H16ClN3O2/c1-3-22-14-10(5-7-13(17)20-14)16(21)11-8-9(2)4-6-12(11)19-15(16)18/h4-8,21H,3H2,1-2H3,(H2,18,19). The molecule has 22 heavy (non-hydrogen) atoms. The van der Waals surface area contributed by atoms with Crippen molar-refractivity contribution in [2.75, 3.05) is 6.61 Å². The number of fused-ring (bicyclic) bond motifs is 1. The number of hydrogen-bond acceptors (Lipinski definition) is 5. The molecule has 1 aromatic heterocycles. The molecule has 6 heteroatoms. The summed E-state index contributed by atoms with van der Waals surface area (Å²) in [6.45, 7) is 4.17. The fraction of sp³-hybridized carbons (Fsp3) is 0.250. The summed E-state index contributed by atoms with van der Waals surface area (Å²) in [5, 5.41) is 11.6. The van der Waals surface area contributed by atoms with Crippen LogP contribution in [-0.2, 0) is 5.60 Å². The van der Waals surface area contributed by atoms with Crippen LogP contribution in [-0.4, -0.2) is 22.5 Å². The lowest BCUT2D eigenvalue weighted by molar-refractivity contribution is 0.151. The van der Waals surface area contributed by atoms with Gasteiger partial charge in [-0.1, -0.05) is 29.3 Å². The van der Waals surface area contributed by atoms with Gasteiger partial charge in [0.05, 0.1) is 17.9 Å². The van der Waals surface area contributed by atoms with Gasteiger partial charge in [-0.25, -0.2) is 9.98 Å². The maximum absolute atomic E-state index is 11.3. The number of ether oxygens (including phenoxy) is 1. The number of aryl methyl sites for hydroxylation is 1. The first kappa shape index (κ1) is 14.8. The fourth-order valence-electron chi connectivity index (χ4n) is 2.61. The highest BCUT2D eigenvalue weighted by Crippen LogP contribution is 2.44. The molecule has 5 nitrogen and oxygen atoms in total. The Kier molecular flexibility index (Phi) is 3.54. The molecule has 0 spiro atoms. The molecule has 2 aromatic rings. The molecular weight excluding hydrogens is 302 g/mol. The molecule has 3 rings (SSSR count). The van der Waals surface area contributed by atoms with Crippen LogP contribution < -0.4 is 10.5 Å². The van der Waals surface area contributed by atoms with Crippen molar-refractivity contribution in [1.82, 2.24) is 4.98 Å². The predicted molar refractivity (Wildman–Crippen MR) is 85.9 cm³/mol. The minimum absolute atomic E-state index is 0.0955. The largest absolute Gasteiger partial charge is 0.478 e. The summed E-state index contributed by atoms with van der Waals surface area (Å²) >= 11 is 5.93. The highest BCUT2D eigenvalue weighted by molar-refractivity contribution is 6.29. The van der Waals surface area contributed by atoms with E-state index in [1.807, 2.05) is 32.0 Å². The summed E-state index contributed by atoms with van der Waals surface area (Å²) in [5.74, 6) is 0.350. The number of nitrogens with two attached hydrogens (primary N) is 1. The number of amidine groups is 1. The maximum Gasteiger partial charge on any atom is 0.221 e. The molecule has 2 heterocycles. The number of pyridine rings is 1. The number of aliphatic imine (C=N–C) groups is 1.